The molecule has 0 spiro atoms. The molecule has 0 saturated heterocycles. The lowest BCUT2D eigenvalue weighted by molar-refractivity contribution is -0.192. The first-order valence-corrected chi connectivity index (χ1v) is 4.43. The van der Waals surface area contributed by atoms with Crippen LogP contribution in [0.5, 0.6) is 0 Å². The fourth-order valence-electron chi connectivity index (χ4n) is 1.10. The van der Waals surface area contributed by atoms with Gasteiger partial charge in [0.05, 0.1) is 6.20 Å². The summed E-state index contributed by atoms with van der Waals surface area (Å²) in [6.07, 6.45) is -2.49. The van der Waals surface area contributed by atoms with Gasteiger partial charge in [-0.15, -0.1) is 0 Å². The number of rotatable bonds is 0. The largest absolute Gasteiger partial charge is 0.490 e. The van der Waals surface area contributed by atoms with E-state index < -0.39 is 12.1 Å². The topological polar surface area (TPSA) is 95.1 Å². The Balaban J connectivity index is 0.000000185. The fourth-order valence-corrected chi connectivity index (χ4v) is 1.10. The number of carboxylic acids is 1. The number of carboxylic acid groups (broad SMARTS) is 1. The van der Waals surface area contributed by atoms with E-state index in [1.165, 1.54) is 0 Å². The number of aromatic amines is 1. The number of aliphatic carboxylic acids is 1. The summed E-state index contributed by atoms with van der Waals surface area (Å²) in [5, 5.41) is 16.3. The average molecular weight is 251 g/mol. The number of hydrogen-bond acceptors (Lipinski definition) is 3. The van der Waals surface area contributed by atoms with Crippen LogP contribution in [0.1, 0.15) is 16.1 Å². The van der Waals surface area contributed by atoms with Gasteiger partial charge in [-0.25, -0.2) is 4.79 Å². The summed E-state index contributed by atoms with van der Waals surface area (Å²) in [5.41, 5.74) is 1.63. The lowest BCUT2D eigenvalue weighted by atomic mass is 10.1. The number of halogens is 3. The Hall–Kier alpha value is -2.06. The van der Waals surface area contributed by atoms with Crippen LogP contribution in [0.3, 0.4) is 0 Å². The van der Waals surface area contributed by atoms with E-state index in [-0.39, 0.29) is 5.91 Å². The Morgan fingerprint density at radius 1 is 1.47 bits per heavy atom. The van der Waals surface area contributed by atoms with Gasteiger partial charge in [0.15, 0.2) is 0 Å². The molecular weight excluding hydrogens is 243 g/mol. The van der Waals surface area contributed by atoms with Crippen molar-refractivity contribution in [1.82, 2.24) is 15.5 Å². The molecule has 0 aliphatic carbocycles. The smallest absolute Gasteiger partial charge is 0.475 e. The number of nitrogens with one attached hydrogen (secondary N) is 2. The normalized spacial score (nSPS) is 14.2. The van der Waals surface area contributed by atoms with Crippen LogP contribution in [0, 0.1) is 0 Å². The molecule has 1 aliphatic rings. The van der Waals surface area contributed by atoms with Gasteiger partial charge in [-0.05, 0) is 6.42 Å². The molecule has 1 aliphatic heterocycles. The van der Waals surface area contributed by atoms with E-state index in [0.29, 0.717) is 5.69 Å². The number of alkyl halides is 3. The molecule has 0 aromatic carbocycles. The first kappa shape index (κ1) is 13.0. The van der Waals surface area contributed by atoms with E-state index >= 15 is 0 Å². The second-order valence-electron chi connectivity index (χ2n) is 3.08. The Labute approximate surface area is 92.8 Å². The number of fused-ring (bicyclic) bond motifs is 1. The van der Waals surface area contributed by atoms with Crippen LogP contribution >= 0.6 is 0 Å². The molecule has 6 nitrogen and oxygen atoms in total. The molecule has 1 amide bonds. The molecule has 94 valence electrons. The van der Waals surface area contributed by atoms with Crippen LogP contribution in [0.4, 0.5) is 13.2 Å². The Bertz CT molecular complexity index is 427. The molecule has 3 N–H and O–H groups in total. The fraction of sp³-hybridized carbons (Fsp3) is 0.375. The molecule has 9 heteroatoms. The van der Waals surface area contributed by atoms with Gasteiger partial charge in [-0.1, -0.05) is 0 Å². The maximum Gasteiger partial charge on any atom is 0.490 e. The number of carbonyl (C=O) groups excluding carboxylic acids is 1. The summed E-state index contributed by atoms with van der Waals surface area (Å²) >= 11 is 0. The van der Waals surface area contributed by atoms with Crippen LogP contribution in [0.25, 0.3) is 0 Å². The highest BCUT2D eigenvalue weighted by molar-refractivity contribution is 5.94. The van der Waals surface area contributed by atoms with Crippen molar-refractivity contribution in [3.63, 3.8) is 0 Å². The number of amides is 1. The van der Waals surface area contributed by atoms with Crippen molar-refractivity contribution in [2.75, 3.05) is 6.54 Å². The quantitative estimate of drug-likeness (QED) is 0.619. The molecule has 2 rings (SSSR count). The third-order valence-corrected chi connectivity index (χ3v) is 1.87. The third kappa shape index (κ3) is 3.47. The van der Waals surface area contributed by atoms with Crippen LogP contribution < -0.4 is 5.32 Å². The minimum absolute atomic E-state index is 0.0428. The summed E-state index contributed by atoms with van der Waals surface area (Å²) < 4.78 is 31.7. The number of nitrogens with zero attached hydrogens (tertiary/aromatic N) is 1. The summed E-state index contributed by atoms with van der Waals surface area (Å²) in [6, 6.07) is 0. The number of hydrogen-bond donors (Lipinski definition) is 3. The molecule has 1 aromatic heterocycles. The van der Waals surface area contributed by atoms with Crippen molar-refractivity contribution in [3.05, 3.63) is 17.5 Å². The molecule has 0 atom stereocenters. The van der Waals surface area contributed by atoms with Gasteiger partial charge in [0.25, 0.3) is 5.91 Å². The number of aromatic nitrogens is 2. The van der Waals surface area contributed by atoms with E-state index in [1.54, 1.807) is 6.20 Å². The summed E-state index contributed by atoms with van der Waals surface area (Å²) in [5.74, 6) is -2.80. The SMILES string of the molecule is O=C(O)C(F)(F)F.O=C1NCCc2cn[nH]c21. The Morgan fingerprint density at radius 3 is 2.53 bits per heavy atom. The van der Waals surface area contributed by atoms with Crippen LogP contribution in [-0.2, 0) is 11.2 Å². The van der Waals surface area contributed by atoms with Gasteiger partial charge in [-0.3, -0.25) is 9.89 Å². The van der Waals surface area contributed by atoms with Crippen molar-refractivity contribution >= 4 is 11.9 Å². The zero-order chi connectivity index (χ0) is 13.1. The van der Waals surface area contributed by atoms with Gasteiger partial charge in [0.2, 0.25) is 0 Å². The molecule has 0 radical (unpaired) electrons. The summed E-state index contributed by atoms with van der Waals surface area (Å²) in [7, 11) is 0. The Morgan fingerprint density at radius 2 is 2.06 bits per heavy atom. The van der Waals surface area contributed by atoms with Crippen molar-refractivity contribution in [3.8, 4) is 0 Å². The average Bonchev–Trinajstić information content (AvgIpc) is 2.66. The minimum atomic E-state index is -5.08. The highest BCUT2D eigenvalue weighted by atomic mass is 19.4. The summed E-state index contributed by atoms with van der Waals surface area (Å²) in [6.45, 7) is 0.728. The maximum atomic E-state index is 11.0. The molecule has 2 heterocycles. The molecule has 0 saturated carbocycles. The zero-order valence-electron chi connectivity index (χ0n) is 8.34. The van der Waals surface area contributed by atoms with E-state index in [4.69, 9.17) is 9.90 Å². The molecule has 0 unspecified atom stereocenters. The monoisotopic (exact) mass is 251 g/mol. The van der Waals surface area contributed by atoms with E-state index in [9.17, 15) is 18.0 Å². The maximum absolute atomic E-state index is 11.0. The first-order valence-electron chi connectivity index (χ1n) is 4.43. The predicted molar refractivity (Wildman–Crippen MR) is 48.3 cm³/mol. The van der Waals surface area contributed by atoms with Crippen LogP contribution in [0.15, 0.2) is 6.20 Å². The van der Waals surface area contributed by atoms with Crippen molar-refractivity contribution < 1.29 is 27.9 Å². The predicted octanol–water partition coefficient (Wildman–Crippen LogP) is 0.329. The molecular formula is C8H8F3N3O3. The minimum Gasteiger partial charge on any atom is -0.475 e. The standard InChI is InChI=1S/C6H7N3O.C2HF3O2/c10-6-5-4(1-2-7-6)3-8-9-5;3-2(4,5)1(6)7/h3H,1-2H2,(H,7,10)(H,8,9);(H,6,7). The van der Waals surface area contributed by atoms with Gasteiger partial charge < -0.3 is 10.4 Å². The van der Waals surface area contributed by atoms with E-state index in [0.717, 1.165) is 18.5 Å². The highest BCUT2D eigenvalue weighted by Gasteiger charge is 2.38. The van der Waals surface area contributed by atoms with Crippen molar-refractivity contribution in [2.24, 2.45) is 0 Å². The molecule has 1 aromatic rings. The Kier molecular flexibility index (Phi) is 3.71. The van der Waals surface area contributed by atoms with Crippen molar-refractivity contribution in [2.45, 2.75) is 12.6 Å². The van der Waals surface area contributed by atoms with Gasteiger partial charge in [0.1, 0.15) is 5.69 Å². The molecule has 17 heavy (non-hydrogen) atoms. The van der Waals surface area contributed by atoms with Gasteiger partial charge in [-0.2, -0.15) is 18.3 Å². The van der Waals surface area contributed by atoms with Crippen LogP contribution in [-0.4, -0.2) is 39.9 Å². The molecule has 0 bridgehead atoms. The molecule has 0 fully saturated rings. The lowest BCUT2D eigenvalue weighted by Crippen LogP contribution is -2.31. The van der Waals surface area contributed by atoms with Crippen LogP contribution in [0.2, 0.25) is 0 Å². The zero-order valence-corrected chi connectivity index (χ0v) is 8.34. The highest BCUT2D eigenvalue weighted by Crippen LogP contribution is 2.13. The first-order chi connectivity index (χ1) is 7.82. The van der Waals surface area contributed by atoms with E-state index in [1.807, 2.05) is 0 Å². The number of H-pyrrole nitrogens is 1. The summed E-state index contributed by atoms with van der Waals surface area (Å²) in [4.78, 5) is 19.9. The number of carbonyl (C=O) groups is 2. The second kappa shape index (κ2) is 4.85. The van der Waals surface area contributed by atoms with Gasteiger partial charge >= 0.3 is 12.1 Å². The lowest BCUT2D eigenvalue weighted by Gasteiger charge is -2.09. The van der Waals surface area contributed by atoms with Crippen molar-refractivity contribution in [1.29, 1.82) is 0 Å². The third-order valence-electron chi connectivity index (χ3n) is 1.87. The second-order valence-corrected chi connectivity index (χ2v) is 3.08. The van der Waals surface area contributed by atoms with Gasteiger partial charge in [0, 0.05) is 12.1 Å². The van der Waals surface area contributed by atoms with E-state index in [2.05, 4.69) is 15.5 Å².